The highest BCUT2D eigenvalue weighted by Crippen LogP contribution is 2.32. The molecule has 142 valence electrons. The number of hydrogen-bond acceptors (Lipinski definition) is 6. The minimum absolute atomic E-state index is 0.119. The zero-order valence-corrected chi connectivity index (χ0v) is 15.3. The molecular weight excluding hydrogens is 362 g/mol. The number of nitro groups is 1. The van der Waals surface area contributed by atoms with E-state index in [4.69, 9.17) is 9.47 Å². The van der Waals surface area contributed by atoms with Crippen LogP contribution in [0.1, 0.15) is 17.8 Å². The number of aromatic nitrogens is 2. The molecule has 28 heavy (non-hydrogen) atoms. The highest BCUT2D eigenvalue weighted by Gasteiger charge is 2.22. The quantitative estimate of drug-likeness (QED) is 0.510. The smallest absolute Gasteiger partial charge is 0.270 e. The number of methoxy groups -OCH3 is 2. The second kappa shape index (κ2) is 6.80. The van der Waals surface area contributed by atoms with E-state index in [0.29, 0.717) is 35.8 Å². The Morgan fingerprint density at radius 2 is 1.93 bits per heavy atom. The molecule has 2 heterocycles. The standard InChI is InChI=1S/C20H17N3O5/c1-27-17-6-3-12(10-18(17)28-2)9-13-7-8-22-19(13)21-16-5-4-14(23(25)26)11-15(16)20(22)24/h3-6,9-11H,7-8H2,1-2H3. The van der Waals surface area contributed by atoms with E-state index in [2.05, 4.69) is 4.98 Å². The lowest BCUT2D eigenvalue weighted by Crippen LogP contribution is -2.20. The van der Waals surface area contributed by atoms with Gasteiger partial charge in [0.15, 0.2) is 11.5 Å². The van der Waals surface area contributed by atoms with Crippen molar-refractivity contribution >= 4 is 28.2 Å². The average Bonchev–Trinajstić information content (AvgIpc) is 3.10. The van der Waals surface area contributed by atoms with Crippen molar-refractivity contribution in [2.75, 3.05) is 14.2 Å². The van der Waals surface area contributed by atoms with Crippen LogP contribution in [0.4, 0.5) is 5.69 Å². The maximum Gasteiger partial charge on any atom is 0.270 e. The van der Waals surface area contributed by atoms with Crippen LogP contribution in [-0.2, 0) is 6.54 Å². The second-order valence-corrected chi connectivity index (χ2v) is 6.38. The van der Waals surface area contributed by atoms with Crippen LogP contribution in [0, 0.1) is 10.1 Å². The lowest BCUT2D eigenvalue weighted by molar-refractivity contribution is -0.384. The van der Waals surface area contributed by atoms with Gasteiger partial charge in [-0.2, -0.15) is 0 Å². The molecule has 0 bridgehead atoms. The second-order valence-electron chi connectivity index (χ2n) is 6.38. The Morgan fingerprint density at radius 3 is 2.64 bits per heavy atom. The number of hydrogen-bond donors (Lipinski definition) is 0. The van der Waals surface area contributed by atoms with E-state index in [-0.39, 0.29) is 16.6 Å². The molecule has 8 nitrogen and oxygen atoms in total. The van der Waals surface area contributed by atoms with Gasteiger partial charge in [0.2, 0.25) is 0 Å². The molecule has 0 atom stereocenters. The molecule has 1 aliphatic rings. The third-order valence-corrected chi connectivity index (χ3v) is 4.79. The Labute approximate surface area is 159 Å². The van der Waals surface area contributed by atoms with Crippen LogP contribution in [0.2, 0.25) is 0 Å². The molecule has 1 aliphatic heterocycles. The molecule has 2 aromatic carbocycles. The van der Waals surface area contributed by atoms with Crippen molar-refractivity contribution in [1.29, 1.82) is 0 Å². The van der Waals surface area contributed by atoms with Crippen LogP contribution in [-0.4, -0.2) is 28.7 Å². The summed E-state index contributed by atoms with van der Waals surface area (Å²) in [5, 5.41) is 11.2. The van der Waals surface area contributed by atoms with Gasteiger partial charge in [-0.3, -0.25) is 19.5 Å². The maximum atomic E-state index is 12.8. The average molecular weight is 379 g/mol. The van der Waals surface area contributed by atoms with Gasteiger partial charge >= 0.3 is 0 Å². The third kappa shape index (κ3) is 2.88. The van der Waals surface area contributed by atoms with Crippen molar-refractivity contribution in [2.24, 2.45) is 0 Å². The van der Waals surface area contributed by atoms with E-state index >= 15 is 0 Å². The van der Waals surface area contributed by atoms with Crippen molar-refractivity contribution < 1.29 is 14.4 Å². The maximum absolute atomic E-state index is 12.8. The molecule has 1 aromatic heterocycles. The lowest BCUT2D eigenvalue weighted by atomic mass is 10.1. The van der Waals surface area contributed by atoms with Crippen LogP contribution in [0.3, 0.4) is 0 Å². The Bertz CT molecular complexity index is 1200. The lowest BCUT2D eigenvalue weighted by Gasteiger charge is -2.08. The first-order valence-electron chi connectivity index (χ1n) is 8.64. The van der Waals surface area contributed by atoms with Gasteiger partial charge in [0.25, 0.3) is 11.2 Å². The third-order valence-electron chi connectivity index (χ3n) is 4.79. The van der Waals surface area contributed by atoms with Crippen molar-refractivity contribution in [3.05, 3.63) is 68.3 Å². The van der Waals surface area contributed by atoms with Crippen molar-refractivity contribution in [3.63, 3.8) is 0 Å². The van der Waals surface area contributed by atoms with E-state index < -0.39 is 4.92 Å². The Hall–Kier alpha value is -3.68. The van der Waals surface area contributed by atoms with Gasteiger partial charge in [-0.1, -0.05) is 6.07 Å². The van der Waals surface area contributed by atoms with Gasteiger partial charge in [-0.25, -0.2) is 4.98 Å². The minimum atomic E-state index is -0.515. The van der Waals surface area contributed by atoms with Crippen LogP contribution in [0.15, 0.2) is 41.2 Å². The Morgan fingerprint density at radius 1 is 1.14 bits per heavy atom. The molecule has 0 saturated carbocycles. The van der Waals surface area contributed by atoms with Crippen LogP contribution >= 0.6 is 0 Å². The summed E-state index contributed by atoms with van der Waals surface area (Å²) in [4.78, 5) is 27.9. The highest BCUT2D eigenvalue weighted by molar-refractivity contribution is 5.86. The first-order chi connectivity index (χ1) is 13.5. The van der Waals surface area contributed by atoms with Crippen LogP contribution in [0.25, 0.3) is 22.6 Å². The topological polar surface area (TPSA) is 96.5 Å². The highest BCUT2D eigenvalue weighted by atomic mass is 16.6. The molecule has 0 aliphatic carbocycles. The number of nitrogens with zero attached hydrogens (tertiary/aromatic N) is 3. The number of fused-ring (bicyclic) bond motifs is 2. The Balaban J connectivity index is 1.82. The van der Waals surface area contributed by atoms with Gasteiger partial charge in [0.1, 0.15) is 5.82 Å². The Kier molecular flexibility index (Phi) is 4.31. The summed E-state index contributed by atoms with van der Waals surface area (Å²) < 4.78 is 12.2. The van der Waals surface area contributed by atoms with Crippen molar-refractivity contribution in [3.8, 4) is 11.5 Å². The molecule has 0 amide bonds. The fourth-order valence-electron chi connectivity index (χ4n) is 3.40. The number of nitro benzene ring substituents is 1. The van der Waals surface area contributed by atoms with Gasteiger partial charge in [0, 0.05) is 18.7 Å². The molecule has 0 unspecified atom stereocenters. The van der Waals surface area contributed by atoms with Crippen LogP contribution in [0.5, 0.6) is 11.5 Å². The van der Waals surface area contributed by atoms with E-state index in [0.717, 1.165) is 11.1 Å². The van der Waals surface area contributed by atoms with Crippen molar-refractivity contribution in [2.45, 2.75) is 13.0 Å². The summed E-state index contributed by atoms with van der Waals surface area (Å²) in [7, 11) is 3.15. The number of ether oxygens (including phenoxy) is 2. The number of non-ortho nitro benzene ring substituents is 1. The molecule has 0 N–H and O–H groups in total. The molecule has 8 heteroatoms. The number of rotatable bonds is 4. The van der Waals surface area contributed by atoms with Gasteiger partial charge < -0.3 is 9.47 Å². The summed E-state index contributed by atoms with van der Waals surface area (Å²) in [6, 6.07) is 9.74. The van der Waals surface area contributed by atoms with Crippen molar-refractivity contribution in [1.82, 2.24) is 9.55 Å². The molecule has 0 fully saturated rings. The summed E-state index contributed by atoms with van der Waals surface area (Å²) >= 11 is 0. The molecule has 4 rings (SSSR count). The molecule has 3 aromatic rings. The van der Waals surface area contributed by atoms with E-state index in [1.54, 1.807) is 18.8 Å². The fraction of sp³-hybridized carbons (Fsp3) is 0.200. The zero-order chi connectivity index (χ0) is 19.8. The van der Waals surface area contributed by atoms with Gasteiger partial charge in [-0.15, -0.1) is 0 Å². The predicted octanol–water partition coefficient (Wildman–Crippen LogP) is 3.27. The summed E-state index contributed by atoms with van der Waals surface area (Å²) in [6.07, 6.45) is 2.61. The fourth-order valence-corrected chi connectivity index (χ4v) is 3.40. The first kappa shape index (κ1) is 17.7. The van der Waals surface area contributed by atoms with E-state index in [1.165, 1.54) is 18.2 Å². The summed E-state index contributed by atoms with van der Waals surface area (Å²) in [5.41, 5.74) is 1.89. The predicted molar refractivity (Wildman–Crippen MR) is 105 cm³/mol. The normalized spacial score (nSPS) is 14.3. The monoisotopic (exact) mass is 379 g/mol. The van der Waals surface area contributed by atoms with Gasteiger partial charge in [-0.05, 0) is 41.8 Å². The zero-order valence-electron chi connectivity index (χ0n) is 15.3. The largest absolute Gasteiger partial charge is 0.493 e. The molecular formula is C20H17N3O5. The number of allylic oxidation sites excluding steroid dienone is 1. The molecule has 0 saturated heterocycles. The van der Waals surface area contributed by atoms with Gasteiger partial charge in [0.05, 0.1) is 30.0 Å². The molecule has 0 spiro atoms. The van der Waals surface area contributed by atoms with E-state index in [1.807, 2.05) is 24.3 Å². The summed E-state index contributed by atoms with van der Waals surface area (Å²) in [5.74, 6) is 1.84. The minimum Gasteiger partial charge on any atom is -0.493 e. The number of benzene rings is 2. The molecule has 0 radical (unpaired) electrons. The van der Waals surface area contributed by atoms with E-state index in [9.17, 15) is 14.9 Å². The van der Waals surface area contributed by atoms with Crippen LogP contribution < -0.4 is 15.0 Å². The first-order valence-corrected chi connectivity index (χ1v) is 8.64. The SMILES string of the molecule is COc1ccc(C=C2CCn3c2nc2ccc([N+](=O)[O-])cc2c3=O)cc1OC. The summed E-state index contributed by atoms with van der Waals surface area (Å²) in [6.45, 7) is 0.485.